The number of amides is 1. The summed E-state index contributed by atoms with van der Waals surface area (Å²) in [4.78, 5) is 25.2. The molecule has 4 aromatic rings. The number of anilines is 2. The van der Waals surface area contributed by atoms with E-state index in [4.69, 9.17) is 30.7 Å². The summed E-state index contributed by atoms with van der Waals surface area (Å²) in [5.41, 5.74) is 2.67. The molecule has 0 unspecified atom stereocenters. The molecule has 0 aliphatic heterocycles. The highest BCUT2D eigenvalue weighted by Crippen LogP contribution is 2.41. The lowest BCUT2D eigenvalue weighted by Gasteiger charge is -2.23. The van der Waals surface area contributed by atoms with Crippen LogP contribution in [0.15, 0.2) is 77.3 Å². The van der Waals surface area contributed by atoms with Crippen molar-refractivity contribution in [3.05, 3.63) is 89.1 Å². The molecule has 0 atom stereocenters. The van der Waals surface area contributed by atoms with Crippen LogP contribution in [0.4, 0.5) is 16.2 Å². The van der Waals surface area contributed by atoms with Crippen molar-refractivity contribution in [2.24, 2.45) is 0 Å². The van der Waals surface area contributed by atoms with Gasteiger partial charge in [-0.2, -0.15) is 0 Å². The summed E-state index contributed by atoms with van der Waals surface area (Å²) in [7, 11) is 0. The molecule has 0 aliphatic rings. The second kappa shape index (κ2) is 11.0. The first kappa shape index (κ1) is 24.8. The van der Waals surface area contributed by atoms with Crippen molar-refractivity contribution in [2.45, 2.75) is 20.3 Å². The molecule has 0 spiro atoms. The number of carbonyl (C=O) groups is 2. The lowest BCUT2D eigenvalue weighted by molar-refractivity contribution is -0.136. The Balaban J connectivity index is 1.63. The molecular formula is C27H23ClN2O6. The quantitative estimate of drug-likeness (QED) is 0.274. The van der Waals surface area contributed by atoms with Gasteiger partial charge in [0.05, 0.1) is 23.7 Å². The number of aromatic nitrogens is 1. The molecule has 1 N–H and O–H groups in total. The number of hydrogen-bond donors (Lipinski definition) is 1. The van der Waals surface area contributed by atoms with Gasteiger partial charge in [0.2, 0.25) is 0 Å². The number of para-hydroxylation sites is 1. The Morgan fingerprint density at radius 3 is 2.25 bits per heavy atom. The van der Waals surface area contributed by atoms with Crippen LogP contribution in [0, 0.1) is 6.92 Å². The zero-order valence-corrected chi connectivity index (χ0v) is 20.4. The molecule has 0 bridgehead atoms. The van der Waals surface area contributed by atoms with E-state index in [1.165, 1.54) is 4.90 Å². The molecule has 184 valence electrons. The Hall–Kier alpha value is -4.30. The van der Waals surface area contributed by atoms with Gasteiger partial charge in [0, 0.05) is 5.56 Å². The maximum absolute atomic E-state index is 13.0. The Morgan fingerprint density at radius 1 is 1.00 bits per heavy atom. The van der Waals surface area contributed by atoms with Crippen LogP contribution in [-0.4, -0.2) is 28.9 Å². The van der Waals surface area contributed by atoms with Gasteiger partial charge in [-0.05, 0) is 67.9 Å². The topological polar surface area (TPSA) is 102 Å². The summed E-state index contributed by atoms with van der Waals surface area (Å²) in [6.45, 7) is 3.62. The van der Waals surface area contributed by atoms with E-state index in [2.05, 4.69) is 5.16 Å². The third kappa shape index (κ3) is 5.50. The fourth-order valence-corrected chi connectivity index (χ4v) is 3.84. The largest absolute Gasteiger partial charge is 0.481 e. The Kier molecular flexibility index (Phi) is 7.56. The van der Waals surface area contributed by atoms with Crippen LogP contribution >= 0.6 is 11.6 Å². The van der Waals surface area contributed by atoms with E-state index in [1.54, 1.807) is 86.6 Å². The molecule has 9 heteroatoms. The first-order valence-electron chi connectivity index (χ1n) is 11.1. The summed E-state index contributed by atoms with van der Waals surface area (Å²) in [6.07, 6.45) is -0.657. The fraction of sp³-hybridized carbons (Fsp3) is 0.148. The molecular weight excluding hydrogens is 484 g/mol. The highest BCUT2D eigenvalue weighted by Gasteiger charge is 2.29. The second-order valence-electron chi connectivity index (χ2n) is 7.76. The average molecular weight is 507 g/mol. The van der Waals surface area contributed by atoms with Crippen molar-refractivity contribution in [1.82, 2.24) is 5.16 Å². The van der Waals surface area contributed by atoms with Crippen LogP contribution in [-0.2, 0) is 16.0 Å². The van der Waals surface area contributed by atoms with Gasteiger partial charge in [-0.15, -0.1) is 0 Å². The lowest BCUT2D eigenvalue weighted by atomic mass is 10.1. The number of aryl methyl sites for hydroxylation is 1. The number of carbonyl (C=O) groups excluding carboxylic acids is 1. The molecule has 36 heavy (non-hydrogen) atoms. The zero-order valence-electron chi connectivity index (χ0n) is 19.6. The minimum atomic E-state index is -0.891. The molecule has 1 aromatic heterocycles. The average Bonchev–Trinajstić information content (AvgIpc) is 3.23. The number of benzene rings is 3. The minimum Gasteiger partial charge on any atom is -0.481 e. The number of hydrogen-bond acceptors (Lipinski definition) is 6. The maximum Gasteiger partial charge on any atom is 0.419 e. The lowest BCUT2D eigenvalue weighted by Crippen LogP contribution is -2.27. The van der Waals surface area contributed by atoms with Gasteiger partial charge >= 0.3 is 12.1 Å². The number of ether oxygens (including phenoxy) is 2. The molecule has 0 radical (unpaired) electrons. The third-order valence-corrected chi connectivity index (χ3v) is 5.56. The standard InChI is InChI=1S/C27H23ClN2O6/c1-3-34-27(33)30(23-7-5-4-6-22(23)28)26-17(2)36-29-25(26)19-10-14-21(15-11-19)35-20-12-8-18(9-13-20)16-24(31)32/h4-15H,3,16H2,1-2H3,(H,31,32). The van der Waals surface area contributed by atoms with E-state index in [9.17, 15) is 9.59 Å². The number of aliphatic carboxylic acids is 1. The van der Waals surface area contributed by atoms with E-state index < -0.39 is 12.1 Å². The van der Waals surface area contributed by atoms with Crippen LogP contribution in [0.25, 0.3) is 11.3 Å². The monoisotopic (exact) mass is 506 g/mol. The van der Waals surface area contributed by atoms with E-state index >= 15 is 0 Å². The van der Waals surface area contributed by atoms with Crippen LogP contribution in [0.2, 0.25) is 5.02 Å². The second-order valence-corrected chi connectivity index (χ2v) is 8.17. The molecule has 0 saturated carbocycles. The molecule has 0 fully saturated rings. The van der Waals surface area contributed by atoms with Crippen molar-refractivity contribution in [3.8, 4) is 22.8 Å². The Bertz CT molecular complexity index is 1370. The van der Waals surface area contributed by atoms with Crippen molar-refractivity contribution in [3.63, 3.8) is 0 Å². The van der Waals surface area contributed by atoms with Crippen LogP contribution in [0.5, 0.6) is 11.5 Å². The van der Waals surface area contributed by atoms with Crippen molar-refractivity contribution in [2.75, 3.05) is 11.5 Å². The smallest absolute Gasteiger partial charge is 0.419 e. The van der Waals surface area contributed by atoms with Gasteiger partial charge in [-0.1, -0.05) is 41.0 Å². The summed E-state index contributed by atoms with van der Waals surface area (Å²) >= 11 is 6.42. The zero-order chi connectivity index (χ0) is 25.7. The predicted octanol–water partition coefficient (Wildman–Crippen LogP) is 7.02. The highest BCUT2D eigenvalue weighted by molar-refractivity contribution is 6.34. The number of carboxylic acids is 1. The fourth-order valence-electron chi connectivity index (χ4n) is 3.62. The number of halogens is 1. The van der Waals surface area contributed by atoms with Crippen molar-refractivity contribution < 1.29 is 28.7 Å². The Labute approximate surface area is 212 Å². The van der Waals surface area contributed by atoms with Gasteiger partial charge in [0.15, 0.2) is 5.76 Å². The summed E-state index contributed by atoms with van der Waals surface area (Å²) in [6, 6.07) is 20.9. The minimum absolute atomic E-state index is 0.0502. The third-order valence-electron chi connectivity index (χ3n) is 5.24. The summed E-state index contributed by atoms with van der Waals surface area (Å²) in [5, 5.41) is 13.5. The molecule has 0 aliphatic carbocycles. The molecule has 3 aromatic carbocycles. The van der Waals surface area contributed by atoms with E-state index in [1.807, 2.05) is 0 Å². The molecule has 8 nitrogen and oxygen atoms in total. The van der Waals surface area contributed by atoms with Crippen LogP contribution in [0.3, 0.4) is 0 Å². The van der Waals surface area contributed by atoms with Gasteiger partial charge in [0.25, 0.3) is 0 Å². The SMILES string of the molecule is CCOC(=O)N(c1ccccc1Cl)c1c(-c2ccc(Oc3ccc(CC(=O)O)cc3)cc2)noc1C. The predicted molar refractivity (Wildman–Crippen MR) is 135 cm³/mol. The van der Waals surface area contributed by atoms with Crippen LogP contribution < -0.4 is 9.64 Å². The normalized spacial score (nSPS) is 10.6. The summed E-state index contributed by atoms with van der Waals surface area (Å²) < 4.78 is 16.6. The van der Waals surface area contributed by atoms with E-state index in [-0.39, 0.29) is 13.0 Å². The first-order valence-corrected chi connectivity index (χ1v) is 11.5. The van der Waals surface area contributed by atoms with Crippen molar-refractivity contribution >= 4 is 35.0 Å². The maximum atomic E-state index is 13.0. The van der Waals surface area contributed by atoms with Crippen molar-refractivity contribution in [1.29, 1.82) is 0 Å². The first-order chi connectivity index (χ1) is 17.4. The molecule has 1 heterocycles. The van der Waals surface area contributed by atoms with E-state index in [0.717, 1.165) is 0 Å². The van der Waals surface area contributed by atoms with Gasteiger partial charge < -0.3 is 19.1 Å². The number of rotatable bonds is 8. The molecule has 0 saturated heterocycles. The molecule has 4 rings (SSSR count). The van der Waals surface area contributed by atoms with Gasteiger partial charge in [-0.25, -0.2) is 9.69 Å². The highest BCUT2D eigenvalue weighted by atomic mass is 35.5. The summed E-state index contributed by atoms with van der Waals surface area (Å²) in [5.74, 6) is 0.666. The van der Waals surface area contributed by atoms with Gasteiger partial charge in [0.1, 0.15) is 22.9 Å². The van der Waals surface area contributed by atoms with Crippen LogP contribution in [0.1, 0.15) is 18.2 Å². The number of carboxylic acid groups (broad SMARTS) is 1. The Morgan fingerprint density at radius 2 is 1.64 bits per heavy atom. The van der Waals surface area contributed by atoms with E-state index in [0.29, 0.717) is 50.5 Å². The molecule has 1 amide bonds. The number of nitrogens with zero attached hydrogens (tertiary/aromatic N) is 2. The van der Waals surface area contributed by atoms with Gasteiger partial charge in [-0.3, -0.25) is 4.79 Å².